The molecule has 1 aromatic rings. The summed E-state index contributed by atoms with van der Waals surface area (Å²) in [6.45, 7) is -0.0751. The Hall–Kier alpha value is -2.22. The number of hydrogen-bond acceptors (Lipinski definition) is 3. The summed E-state index contributed by atoms with van der Waals surface area (Å²) in [7, 11) is 0. The number of carbonyl (C=O) groups excluding carboxylic acids is 1. The molecule has 8 heteroatoms. The summed E-state index contributed by atoms with van der Waals surface area (Å²) in [6.07, 6.45) is 0.153. The summed E-state index contributed by atoms with van der Waals surface area (Å²) in [4.78, 5) is 22.9. The fourth-order valence-electron chi connectivity index (χ4n) is 1.99. The highest BCUT2D eigenvalue weighted by molar-refractivity contribution is 5.86. The number of rotatable bonds is 4. The predicted octanol–water partition coefficient (Wildman–Crippen LogP) is 1.01. The van der Waals surface area contributed by atoms with E-state index in [1.165, 1.54) is 6.07 Å². The summed E-state index contributed by atoms with van der Waals surface area (Å²) >= 11 is 0. The molecule has 2 amide bonds. The molecule has 1 fully saturated rings. The second-order valence-electron chi connectivity index (χ2n) is 4.73. The largest absolute Gasteiger partial charge is 0.479 e. The topological polar surface area (TPSA) is 87.7 Å². The summed E-state index contributed by atoms with van der Waals surface area (Å²) in [5, 5.41) is 13.8. The van der Waals surface area contributed by atoms with Gasteiger partial charge in [0.25, 0.3) is 0 Å². The van der Waals surface area contributed by atoms with E-state index in [-0.39, 0.29) is 31.7 Å². The normalized spacial score (nSPS) is 21.0. The van der Waals surface area contributed by atoms with E-state index < -0.39 is 29.2 Å². The molecule has 0 aromatic heterocycles. The van der Waals surface area contributed by atoms with E-state index in [4.69, 9.17) is 9.84 Å². The fraction of sp³-hybridized carbons (Fsp3) is 0.385. The van der Waals surface area contributed by atoms with Crippen LogP contribution in [0.2, 0.25) is 0 Å². The van der Waals surface area contributed by atoms with Crippen LogP contribution in [0.25, 0.3) is 0 Å². The summed E-state index contributed by atoms with van der Waals surface area (Å²) in [5.41, 5.74) is -1.37. The van der Waals surface area contributed by atoms with Gasteiger partial charge in [-0.15, -0.1) is 0 Å². The van der Waals surface area contributed by atoms with E-state index in [9.17, 15) is 18.4 Å². The lowest BCUT2D eigenvalue weighted by Crippen LogP contribution is -2.57. The Balaban J connectivity index is 1.94. The lowest BCUT2D eigenvalue weighted by atomic mass is 9.99. The van der Waals surface area contributed by atoms with Gasteiger partial charge >= 0.3 is 12.0 Å². The molecule has 2 rings (SSSR count). The second-order valence-corrected chi connectivity index (χ2v) is 4.73. The number of aliphatic carboxylic acids is 1. The molecule has 1 aromatic carbocycles. The van der Waals surface area contributed by atoms with E-state index >= 15 is 0 Å². The Kier molecular flexibility index (Phi) is 4.37. The van der Waals surface area contributed by atoms with Crippen LogP contribution in [-0.4, -0.2) is 35.9 Å². The monoisotopic (exact) mass is 300 g/mol. The van der Waals surface area contributed by atoms with Crippen molar-refractivity contribution < 1.29 is 28.2 Å². The van der Waals surface area contributed by atoms with Gasteiger partial charge in [-0.25, -0.2) is 18.4 Å². The minimum Gasteiger partial charge on any atom is -0.479 e. The Morgan fingerprint density at radius 1 is 1.38 bits per heavy atom. The minimum absolute atomic E-state index is 0.0959. The Morgan fingerprint density at radius 2 is 2.14 bits per heavy atom. The Morgan fingerprint density at radius 3 is 2.71 bits per heavy atom. The lowest BCUT2D eigenvalue weighted by Gasteiger charge is -2.23. The van der Waals surface area contributed by atoms with E-state index in [1.807, 2.05) is 0 Å². The first-order valence-corrected chi connectivity index (χ1v) is 6.24. The standard InChI is InChI=1S/C13H14F2N2O4/c14-9-2-1-8(10(15)5-9)6-16-12(20)17-13(11(18)19)3-4-21-7-13/h1-2,5H,3-4,6-7H2,(H,18,19)(H2,16,17,20). The predicted molar refractivity (Wildman–Crippen MR) is 67.5 cm³/mol. The van der Waals surface area contributed by atoms with Crippen LogP contribution in [0.1, 0.15) is 12.0 Å². The van der Waals surface area contributed by atoms with E-state index in [2.05, 4.69) is 10.6 Å². The molecular weight excluding hydrogens is 286 g/mol. The van der Waals surface area contributed by atoms with Gasteiger partial charge in [-0.05, 0) is 6.07 Å². The molecule has 6 nitrogen and oxygen atoms in total. The molecule has 1 saturated heterocycles. The third-order valence-corrected chi connectivity index (χ3v) is 3.24. The summed E-state index contributed by atoms with van der Waals surface area (Å²) in [5.74, 6) is -2.69. The fourth-order valence-corrected chi connectivity index (χ4v) is 1.99. The van der Waals surface area contributed by atoms with Crippen molar-refractivity contribution in [3.05, 3.63) is 35.4 Å². The Labute approximate surface area is 119 Å². The lowest BCUT2D eigenvalue weighted by molar-refractivity contribution is -0.144. The molecule has 0 radical (unpaired) electrons. The van der Waals surface area contributed by atoms with Crippen molar-refractivity contribution in [2.45, 2.75) is 18.5 Å². The van der Waals surface area contributed by atoms with Gasteiger partial charge < -0.3 is 20.5 Å². The third-order valence-electron chi connectivity index (χ3n) is 3.24. The average molecular weight is 300 g/mol. The van der Waals surface area contributed by atoms with Crippen LogP contribution in [0.5, 0.6) is 0 Å². The highest BCUT2D eigenvalue weighted by Gasteiger charge is 2.43. The van der Waals surface area contributed by atoms with Crippen LogP contribution < -0.4 is 10.6 Å². The molecule has 3 N–H and O–H groups in total. The van der Waals surface area contributed by atoms with E-state index in [1.54, 1.807) is 0 Å². The van der Waals surface area contributed by atoms with E-state index in [0.29, 0.717) is 6.07 Å². The first-order chi connectivity index (χ1) is 9.93. The number of nitrogens with one attached hydrogen (secondary N) is 2. The number of carboxylic acids is 1. The third kappa shape index (κ3) is 3.46. The van der Waals surface area contributed by atoms with Gasteiger partial charge in [0.05, 0.1) is 6.61 Å². The molecular formula is C13H14F2N2O4. The number of carbonyl (C=O) groups is 2. The van der Waals surface area contributed by atoms with Crippen molar-refractivity contribution >= 4 is 12.0 Å². The van der Waals surface area contributed by atoms with Crippen molar-refractivity contribution in [3.63, 3.8) is 0 Å². The number of ether oxygens (including phenoxy) is 1. The summed E-state index contributed by atoms with van der Waals surface area (Å²) in [6, 6.07) is 2.22. The van der Waals surface area contributed by atoms with Crippen LogP contribution >= 0.6 is 0 Å². The van der Waals surface area contributed by atoms with Crippen LogP contribution in [0, 0.1) is 11.6 Å². The molecule has 21 heavy (non-hydrogen) atoms. The Bertz CT molecular complexity index is 559. The maximum absolute atomic E-state index is 13.4. The number of amides is 2. The highest BCUT2D eigenvalue weighted by Crippen LogP contribution is 2.18. The number of halogens is 2. The molecule has 1 heterocycles. The molecule has 1 aliphatic rings. The van der Waals surface area contributed by atoms with Crippen LogP contribution in [0.3, 0.4) is 0 Å². The number of hydrogen-bond donors (Lipinski definition) is 3. The van der Waals surface area contributed by atoms with Gasteiger partial charge in [0.2, 0.25) is 0 Å². The molecule has 1 aliphatic heterocycles. The van der Waals surface area contributed by atoms with Crippen molar-refractivity contribution in [3.8, 4) is 0 Å². The van der Waals surface area contributed by atoms with Crippen LogP contribution in [0.4, 0.5) is 13.6 Å². The molecule has 0 aliphatic carbocycles. The van der Waals surface area contributed by atoms with Crippen molar-refractivity contribution in [2.24, 2.45) is 0 Å². The molecule has 0 bridgehead atoms. The smallest absolute Gasteiger partial charge is 0.332 e. The maximum Gasteiger partial charge on any atom is 0.332 e. The van der Waals surface area contributed by atoms with Crippen LogP contribution in [-0.2, 0) is 16.1 Å². The molecule has 114 valence electrons. The van der Waals surface area contributed by atoms with E-state index in [0.717, 1.165) is 6.07 Å². The summed E-state index contributed by atoms with van der Waals surface area (Å²) < 4.78 is 31.1. The molecule has 0 spiro atoms. The minimum atomic E-state index is -1.47. The molecule has 1 atom stereocenters. The van der Waals surface area contributed by atoms with Crippen molar-refractivity contribution in [1.29, 1.82) is 0 Å². The van der Waals surface area contributed by atoms with Gasteiger partial charge in [0.15, 0.2) is 5.54 Å². The van der Waals surface area contributed by atoms with Gasteiger partial charge in [0.1, 0.15) is 11.6 Å². The quantitative estimate of drug-likeness (QED) is 0.774. The van der Waals surface area contributed by atoms with Crippen molar-refractivity contribution in [2.75, 3.05) is 13.2 Å². The number of carboxylic acid groups (broad SMARTS) is 1. The number of benzene rings is 1. The average Bonchev–Trinajstić information content (AvgIpc) is 2.87. The zero-order chi connectivity index (χ0) is 15.5. The van der Waals surface area contributed by atoms with Gasteiger partial charge in [-0.2, -0.15) is 0 Å². The highest BCUT2D eigenvalue weighted by atomic mass is 19.1. The van der Waals surface area contributed by atoms with Gasteiger partial charge in [0, 0.05) is 31.2 Å². The van der Waals surface area contributed by atoms with Gasteiger partial charge in [-0.1, -0.05) is 6.07 Å². The first-order valence-electron chi connectivity index (χ1n) is 6.24. The second kappa shape index (κ2) is 6.04. The zero-order valence-electron chi connectivity index (χ0n) is 11.0. The molecule has 0 saturated carbocycles. The SMILES string of the molecule is O=C(NCc1ccc(F)cc1F)NC1(C(=O)O)CCOC1. The molecule has 1 unspecified atom stereocenters. The first kappa shape index (κ1) is 15.2. The van der Waals surface area contributed by atoms with Crippen molar-refractivity contribution in [1.82, 2.24) is 10.6 Å². The maximum atomic E-state index is 13.4. The van der Waals surface area contributed by atoms with Gasteiger partial charge in [-0.3, -0.25) is 0 Å². The van der Waals surface area contributed by atoms with Crippen LogP contribution in [0.15, 0.2) is 18.2 Å². The number of urea groups is 1. The zero-order valence-corrected chi connectivity index (χ0v) is 11.0.